The highest BCUT2D eigenvalue weighted by molar-refractivity contribution is 6.00. The Balaban J connectivity index is 1.47. The lowest BCUT2D eigenvalue weighted by Gasteiger charge is -2.36. The first-order valence-corrected chi connectivity index (χ1v) is 16.7. The average Bonchev–Trinajstić information content (AvgIpc) is 3.65. The number of amides is 3. The molecule has 2 aliphatic heterocycles. The second kappa shape index (κ2) is 15.2. The fourth-order valence-corrected chi connectivity index (χ4v) is 7.12. The molecule has 1 saturated carbocycles. The molecule has 0 unspecified atom stereocenters. The van der Waals surface area contributed by atoms with Gasteiger partial charge in [0, 0.05) is 48.4 Å². The molecule has 0 aromatic heterocycles. The van der Waals surface area contributed by atoms with Gasteiger partial charge in [0.25, 0.3) is 11.8 Å². The summed E-state index contributed by atoms with van der Waals surface area (Å²) in [5, 5.41) is 28.6. The van der Waals surface area contributed by atoms with Crippen LogP contribution in [0.15, 0.2) is 36.4 Å². The maximum absolute atomic E-state index is 14.0. The molecule has 13 nitrogen and oxygen atoms in total. The van der Waals surface area contributed by atoms with E-state index in [0.717, 1.165) is 24.9 Å². The van der Waals surface area contributed by atoms with Gasteiger partial charge >= 0.3 is 0 Å². The Morgan fingerprint density at radius 1 is 1.17 bits per heavy atom. The van der Waals surface area contributed by atoms with Crippen LogP contribution in [0.1, 0.15) is 56.0 Å². The standard InChI is InChI=1S/C35H49N5O8/c1-19-9-7-12-27(20(19)2)36-35(45)31-30(21(3)42)29(17-41)48-40(31)16-22-10-8-11-26(32(22)46-6)23-13-24(15-25(14-23)39(4)5)33(43)37-28-18-47-38-34(28)44/h8,10-11,13-15,19-21,27-31,41-42H,7,9,12,16-18H2,1-6H3,(H,36,45)(H,37,43)(H,38,44)/t19-,20+,21+,27+,28-,29+,30+,31+/m1/s1. The lowest BCUT2D eigenvalue weighted by molar-refractivity contribution is -0.182. The summed E-state index contributed by atoms with van der Waals surface area (Å²) < 4.78 is 5.97. The minimum Gasteiger partial charge on any atom is -0.496 e. The Morgan fingerprint density at radius 2 is 1.94 bits per heavy atom. The molecule has 262 valence electrons. The first-order valence-electron chi connectivity index (χ1n) is 16.7. The number of anilines is 1. The van der Waals surface area contributed by atoms with Crippen LogP contribution in [0, 0.1) is 17.8 Å². The van der Waals surface area contributed by atoms with E-state index >= 15 is 0 Å². The molecule has 3 amide bonds. The molecule has 2 aromatic rings. The molecule has 1 aliphatic carbocycles. The Morgan fingerprint density at radius 3 is 2.58 bits per heavy atom. The maximum atomic E-state index is 14.0. The van der Waals surface area contributed by atoms with Crippen molar-refractivity contribution in [3.8, 4) is 16.9 Å². The molecule has 2 heterocycles. The number of ether oxygens (including phenoxy) is 1. The number of carbonyl (C=O) groups is 3. The molecule has 48 heavy (non-hydrogen) atoms. The van der Waals surface area contributed by atoms with Crippen molar-refractivity contribution in [3.05, 3.63) is 47.5 Å². The number of benzene rings is 2. The van der Waals surface area contributed by atoms with E-state index in [0.29, 0.717) is 39.8 Å². The van der Waals surface area contributed by atoms with Crippen LogP contribution >= 0.6 is 0 Å². The molecule has 2 saturated heterocycles. The summed E-state index contributed by atoms with van der Waals surface area (Å²) in [4.78, 5) is 52.3. The van der Waals surface area contributed by atoms with E-state index < -0.39 is 42.0 Å². The first kappa shape index (κ1) is 35.6. The number of hydrogen-bond acceptors (Lipinski definition) is 10. The normalized spacial score (nSPS) is 28.1. The minimum atomic E-state index is -0.918. The second-order valence-corrected chi connectivity index (χ2v) is 13.5. The van der Waals surface area contributed by atoms with E-state index in [1.165, 1.54) is 0 Å². The zero-order valence-corrected chi connectivity index (χ0v) is 28.6. The molecule has 3 fully saturated rings. The summed E-state index contributed by atoms with van der Waals surface area (Å²) in [5.41, 5.74) is 5.46. The van der Waals surface area contributed by atoms with Crippen molar-refractivity contribution < 1.29 is 39.0 Å². The quantitative estimate of drug-likeness (QED) is 0.240. The van der Waals surface area contributed by atoms with Crippen molar-refractivity contribution in [3.63, 3.8) is 0 Å². The van der Waals surface area contributed by atoms with E-state index in [4.69, 9.17) is 14.4 Å². The van der Waals surface area contributed by atoms with Crippen LogP contribution in [-0.2, 0) is 25.8 Å². The van der Waals surface area contributed by atoms with Crippen LogP contribution in [0.3, 0.4) is 0 Å². The van der Waals surface area contributed by atoms with E-state index in [1.807, 2.05) is 43.3 Å². The molecule has 0 spiro atoms. The highest BCUT2D eigenvalue weighted by Gasteiger charge is 2.50. The van der Waals surface area contributed by atoms with Crippen molar-refractivity contribution in [1.29, 1.82) is 0 Å². The van der Waals surface area contributed by atoms with Gasteiger partial charge in [-0.2, -0.15) is 5.06 Å². The van der Waals surface area contributed by atoms with Crippen LogP contribution in [0.4, 0.5) is 5.69 Å². The maximum Gasteiger partial charge on any atom is 0.268 e. The molecule has 5 N–H and O–H groups in total. The van der Waals surface area contributed by atoms with Gasteiger partial charge in [-0.15, -0.1) is 0 Å². The largest absolute Gasteiger partial charge is 0.496 e. The number of rotatable bonds is 11. The van der Waals surface area contributed by atoms with Crippen LogP contribution in [0.25, 0.3) is 11.1 Å². The van der Waals surface area contributed by atoms with Gasteiger partial charge in [-0.1, -0.05) is 44.9 Å². The lowest BCUT2D eigenvalue weighted by Crippen LogP contribution is -2.53. The molecule has 3 aliphatic rings. The third-order valence-electron chi connectivity index (χ3n) is 10.1. The van der Waals surface area contributed by atoms with Gasteiger partial charge < -0.3 is 30.5 Å². The third kappa shape index (κ3) is 7.45. The first-order chi connectivity index (χ1) is 22.9. The van der Waals surface area contributed by atoms with Gasteiger partial charge in [-0.05, 0) is 48.9 Å². The molecule has 0 radical (unpaired) electrons. The van der Waals surface area contributed by atoms with E-state index in [-0.39, 0.29) is 31.7 Å². The van der Waals surface area contributed by atoms with Gasteiger partial charge in [-0.25, -0.2) is 5.48 Å². The van der Waals surface area contributed by atoms with Gasteiger partial charge in [0.1, 0.15) is 30.5 Å². The van der Waals surface area contributed by atoms with Crippen LogP contribution in [0.5, 0.6) is 5.75 Å². The van der Waals surface area contributed by atoms with Gasteiger partial charge in [0.15, 0.2) is 0 Å². The zero-order valence-electron chi connectivity index (χ0n) is 28.6. The molecule has 0 bridgehead atoms. The third-order valence-corrected chi connectivity index (χ3v) is 10.1. The predicted molar refractivity (Wildman–Crippen MR) is 179 cm³/mol. The number of carbonyl (C=O) groups excluding carboxylic acids is 3. The molecule has 8 atom stereocenters. The van der Waals surface area contributed by atoms with Gasteiger partial charge in [0.2, 0.25) is 5.91 Å². The van der Waals surface area contributed by atoms with E-state index in [9.17, 15) is 24.6 Å². The number of nitrogens with zero attached hydrogens (tertiary/aromatic N) is 2. The van der Waals surface area contributed by atoms with Crippen LogP contribution < -0.4 is 25.8 Å². The summed E-state index contributed by atoms with van der Waals surface area (Å²) >= 11 is 0. The lowest BCUT2D eigenvalue weighted by atomic mass is 9.77. The highest BCUT2D eigenvalue weighted by Crippen LogP contribution is 2.39. The van der Waals surface area contributed by atoms with Crippen molar-refractivity contribution in [2.45, 2.75) is 76.9 Å². The van der Waals surface area contributed by atoms with Crippen molar-refractivity contribution in [2.24, 2.45) is 17.8 Å². The number of nitrogens with one attached hydrogen (secondary N) is 3. The molecule has 13 heteroatoms. The minimum absolute atomic E-state index is 0.00902. The fourth-order valence-electron chi connectivity index (χ4n) is 7.12. The smallest absolute Gasteiger partial charge is 0.268 e. The number of hydrogen-bond donors (Lipinski definition) is 5. The molecule has 5 rings (SSSR count). The molecule has 2 aromatic carbocycles. The number of aliphatic hydroxyl groups excluding tert-OH is 2. The number of hydroxylamine groups is 3. The zero-order chi connectivity index (χ0) is 34.7. The van der Waals surface area contributed by atoms with Gasteiger partial charge in [-0.3, -0.25) is 24.1 Å². The summed E-state index contributed by atoms with van der Waals surface area (Å²) in [7, 11) is 5.29. The predicted octanol–water partition coefficient (Wildman–Crippen LogP) is 2.00. The van der Waals surface area contributed by atoms with E-state index in [2.05, 4.69) is 30.0 Å². The number of aliphatic hydroxyl groups is 2. The van der Waals surface area contributed by atoms with Crippen molar-refractivity contribution in [1.82, 2.24) is 21.2 Å². The summed E-state index contributed by atoms with van der Waals surface area (Å²) in [6.45, 7) is 5.79. The Hall–Kier alpha value is -3.75. The molecular weight excluding hydrogens is 618 g/mol. The van der Waals surface area contributed by atoms with Crippen molar-refractivity contribution in [2.75, 3.05) is 39.3 Å². The van der Waals surface area contributed by atoms with Crippen LogP contribution in [0.2, 0.25) is 0 Å². The topological polar surface area (TPSA) is 162 Å². The molecular formula is C35H49N5O8. The Labute approximate surface area is 281 Å². The van der Waals surface area contributed by atoms with Gasteiger partial charge in [0.05, 0.1) is 26.4 Å². The highest BCUT2D eigenvalue weighted by atomic mass is 16.7. The SMILES string of the molecule is COc1c(CN2O[C@@H](CO)[C@H]([C@H](C)O)[C@H]2C(=O)N[C@H]2CCC[C@@H](C)[C@@H]2C)cccc1-c1cc(C(=O)N[C@@H]2CONC2=O)cc(N(C)C)c1. The summed E-state index contributed by atoms with van der Waals surface area (Å²) in [6, 6.07) is 9.38. The summed E-state index contributed by atoms with van der Waals surface area (Å²) in [6.07, 6.45) is 1.35. The monoisotopic (exact) mass is 667 g/mol. The average molecular weight is 668 g/mol. The fraction of sp³-hybridized carbons (Fsp3) is 0.571. The number of methoxy groups -OCH3 is 1. The Bertz CT molecular complexity index is 1480. The Kier molecular flexibility index (Phi) is 11.3. The van der Waals surface area contributed by atoms with Crippen molar-refractivity contribution >= 4 is 23.4 Å². The second-order valence-electron chi connectivity index (χ2n) is 13.5. The van der Waals surface area contributed by atoms with Crippen LogP contribution in [-0.4, -0.2) is 97.8 Å². The number of para-hydroxylation sites is 1. The van der Waals surface area contributed by atoms with E-state index in [1.54, 1.807) is 31.2 Å². The summed E-state index contributed by atoms with van der Waals surface area (Å²) in [5.74, 6) is -0.440.